The molecule has 6 N–H and O–H groups in total. The van der Waals surface area contributed by atoms with Gasteiger partial charge in [-0.05, 0) is 50.6 Å². The van der Waals surface area contributed by atoms with Crippen molar-refractivity contribution in [1.82, 2.24) is 0 Å². The van der Waals surface area contributed by atoms with Crippen LogP contribution in [-0.2, 0) is 14.6 Å². The number of rotatable bonds is 1. The molecule has 8 nitrogen and oxygen atoms in total. The van der Waals surface area contributed by atoms with E-state index in [1.165, 1.54) is 38.1 Å². The van der Waals surface area contributed by atoms with Crippen molar-refractivity contribution in [3.8, 4) is 11.5 Å². The number of aliphatic imine (C=N–C) groups is 1. The Morgan fingerprint density at radius 1 is 1.14 bits per heavy atom. The molecule has 148 valence electrons. The van der Waals surface area contributed by atoms with Gasteiger partial charge in [0.1, 0.15) is 10.6 Å². The summed E-state index contributed by atoms with van der Waals surface area (Å²) in [7, 11) is -4.01. The van der Waals surface area contributed by atoms with Crippen molar-refractivity contribution in [2.24, 2.45) is 16.5 Å². The number of nitrogen functional groups attached to an aromatic ring is 1. The van der Waals surface area contributed by atoms with E-state index < -0.39 is 26.5 Å². The zero-order chi connectivity index (χ0) is 21.0. The molecule has 0 saturated heterocycles. The molecule has 1 aliphatic heterocycles. The number of sulfone groups is 1. The maximum absolute atomic E-state index is 13.5. The van der Waals surface area contributed by atoms with Gasteiger partial charge in [0.25, 0.3) is 5.91 Å². The fraction of sp³-hybridized carbons (Fsp3) is 0.222. The van der Waals surface area contributed by atoms with Crippen molar-refractivity contribution in [2.45, 2.75) is 30.4 Å². The second-order valence-corrected chi connectivity index (χ2v) is 9.83. The van der Waals surface area contributed by atoms with Crippen molar-refractivity contribution in [2.75, 3.05) is 5.73 Å². The Balaban J connectivity index is 2.37. The quantitative estimate of drug-likeness (QED) is 0.362. The second kappa shape index (κ2) is 6.39. The third-order valence-electron chi connectivity index (χ3n) is 4.60. The van der Waals surface area contributed by atoms with Gasteiger partial charge in [0.05, 0.1) is 9.77 Å². The van der Waals surface area contributed by atoms with Gasteiger partial charge >= 0.3 is 0 Å². The lowest BCUT2D eigenvalue weighted by molar-refractivity contribution is 0.100. The number of hydrogen-bond donors (Lipinski definition) is 3. The van der Waals surface area contributed by atoms with Gasteiger partial charge in [0.15, 0.2) is 21.5 Å². The largest absolute Gasteiger partial charge is 0.454 e. The lowest BCUT2D eigenvalue weighted by atomic mass is 10.0. The summed E-state index contributed by atoms with van der Waals surface area (Å²) in [4.78, 5) is 15.6. The fourth-order valence-electron chi connectivity index (χ4n) is 3.06. The molecule has 0 aromatic heterocycles. The summed E-state index contributed by atoms with van der Waals surface area (Å²) in [5.74, 6) is -0.899. The van der Waals surface area contributed by atoms with Crippen molar-refractivity contribution < 1.29 is 17.9 Å². The van der Waals surface area contributed by atoms with E-state index >= 15 is 0 Å². The molecular weight excluding hydrogens is 404 g/mol. The highest BCUT2D eigenvalue weighted by molar-refractivity contribution is 7.92. The molecule has 28 heavy (non-hydrogen) atoms. The average Bonchev–Trinajstić information content (AvgIpc) is 2.62. The smallest absolute Gasteiger partial charge is 0.280 e. The predicted octanol–water partition coefficient (Wildman–Crippen LogP) is 2.46. The molecule has 3 rings (SSSR count). The van der Waals surface area contributed by atoms with E-state index in [-0.39, 0.29) is 27.0 Å². The van der Waals surface area contributed by atoms with Crippen LogP contribution in [0.15, 0.2) is 34.2 Å². The van der Waals surface area contributed by atoms with Gasteiger partial charge in [-0.15, -0.1) is 0 Å². The number of anilines is 1. The summed E-state index contributed by atoms with van der Waals surface area (Å²) < 4.78 is 31.5. The van der Waals surface area contributed by atoms with Crippen LogP contribution >= 0.6 is 11.6 Å². The maximum atomic E-state index is 13.5. The first-order valence-corrected chi connectivity index (χ1v) is 10.0. The number of amides is 1. The molecule has 1 aliphatic rings. The van der Waals surface area contributed by atoms with E-state index in [2.05, 4.69) is 4.99 Å². The topological polar surface area (TPSA) is 151 Å². The zero-order valence-corrected chi connectivity index (χ0v) is 17.0. The van der Waals surface area contributed by atoms with Crippen LogP contribution in [0.5, 0.6) is 11.5 Å². The number of halogens is 1. The molecule has 0 bridgehead atoms. The van der Waals surface area contributed by atoms with Gasteiger partial charge in [-0.3, -0.25) is 4.79 Å². The Morgan fingerprint density at radius 3 is 2.39 bits per heavy atom. The molecule has 0 radical (unpaired) electrons. The highest BCUT2D eigenvalue weighted by Gasteiger charge is 2.45. The molecule has 10 heteroatoms. The number of fused-ring (bicyclic) bond motifs is 2. The van der Waals surface area contributed by atoms with Gasteiger partial charge in [0, 0.05) is 16.8 Å². The molecule has 0 saturated carbocycles. The van der Waals surface area contributed by atoms with Crippen LogP contribution < -0.4 is 21.9 Å². The standard InChI is InChI=1S/C18H19ClN4O4S/c1-8-4-9(16(24)23-17(21)22)5-13-14(8)27-15-11(6-10(20)7-12(15)19)18(2,3)28(13,25)26/h4-7H,20H2,1-3H3,(H4,21,22,23,24). The Hall–Kier alpha value is -2.78. The van der Waals surface area contributed by atoms with E-state index in [1.54, 1.807) is 6.92 Å². The minimum atomic E-state index is -4.01. The Labute approximate surface area is 167 Å². The first-order chi connectivity index (χ1) is 12.9. The molecule has 2 aromatic rings. The van der Waals surface area contributed by atoms with Gasteiger partial charge < -0.3 is 21.9 Å². The van der Waals surface area contributed by atoms with E-state index in [0.717, 1.165) is 0 Å². The van der Waals surface area contributed by atoms with Crippen molar-refractivity contribution in [3.05, 3.63) is 46.0 Å². The molecule has 1 heterocycles. The van der Waals surface area contributed by atoms with Crippen molar-refractivity contribution in [1.29, 1.82) is 0 Å². The Bertz CT molecular complexity index is 1150. The van der Waals surface area contributed by atoms with Gasteiger partial charge in [-0.25, -0.2) is 8.42 Å². The van der Waals surface area contributed by atoms with E-state index in [1.807, 2.05) is 0 Å². The van der Waals surface area contributed by atoms with E-state index in [4.69, 9.17) is 33.5 Å². The predicted molar refractivity (Wildman–Crippen MR) is 107 cm³/mol. The third kappa shape index (κ3) is 2.96. The number of aryl methyl sites for hydroxylation is 1. The summed E-state index contributed by atoms with van der Waals surface area (Å²) in [5.41, 5.74) is 17.4. The summed E-state index contributed by atoms with van der Waals surface area (Å²) in [6.07, 6.45) is 0. The van der Waals surface area contributed by atoms with Gasteiger partial charge in [-0.2, -0.15) is 4.99 Å². The minimum absolute atomic E-state index is 0.0178. The van der Waals surface area contributed by atoms with Gasteiger partial charge in [-0.1, -0.05) is 11.6 Å². The SMILES string of the molecule is Cc1cc(C(=O)N=C(N)N)cc2c1Oc1c(Cl)cc(N)cc1C(C)(C)S2(=O)=O. The summed E-state index contributed by atoms with van der Waals surface area (Å²) in [5, 5.41) is 0.186. The molecule has 0 aliphatic carbocycles. The number of nitrogens with two attached hydrogens (primary N) is 3. The van der Waals surface area contributed by atoms with Crippen LogP contribution in [0.25, 0.3) is 0 Å². The summed E-state index contributed by atoms with van der Waals surface area (Å²) >= 11 is 6.30. The van der Waals surface area contributed by atoms with Crippen molar-refractivity contribution >= 4 is 39.0 Å². The molecule has 2 aromatic carbocycles. The second-order valence-electron chi connectivity index (χ2n) is 6.96. The molecule has 1 amide bonds. The first kappa shape index (κ1) is 20.0. The number of ether oxygens (including phenoxy) is 1. The molecule has 0 fully saturated rings. The molecular formula is C18H19ClN4O4S. The monoisotopic (exact) mass is 422 g/mol. The fourth-order valence-corrected chi connectivity index (χ4v) is 5.05. The lowest BCUT2D eigenvalue weighted by Crippen LogP contribution is -2.29. The Morgan fingerprint density at radius 2 is 1.79 bits per heavy atom. The zero-order valence-electron chi connectivity index (χ0n) is 15.4. The number of carbonyl (C=O) groups is 1. The number of nitrogens with zero attached hydrogens (tertiary/aromatic N) is 1. The first-order valence-electron chi connectivity index (χ1n) is 8.17. The number of carbonyl (C=O) groups excluding carboxylic acids is 1. The van der Waals surface area contributed by atoms with Gasteiger partial charge in [0.2, 0.25) is 0 Å². The van der Waals surface area contributed by atoms with Crippen LogP contribution in [0, 0.1) is 6.92 Å². The normalized spacial score (nSPS) is 16.1. The lowest BCUT2D eigenvalue weighted by Gasteiger charge is -2.25. The minimum Gasteiger partial charge on any atom is -0.454 e. The van der Waals surface area contributed by atoms with E-state index in [0.29, 0.717) is 16.8 Å². The summed E-state index contributed by atoms with van der Waals surface area (Å²) in [6, 6.07) is 5.66. The molecule has 0 atom stereocenters. The summed E-state index contributed by atoms with van der Waals surface area (Å²) in [6.45, 7) is 4.66. The van der Waals surface area contributed by atoms with Crippen LogP contribution in [0.1, 0.15) is 35.3 Å². The maximum Gasteiger partial charge on any atom is 0.280 e. The van der Waals surface area contributed by atoms with Crippen LogP contribution in [0.3, 0.4) is 0 Å². The van der Waals surface area contributed by atoms with Crippen LogP contribution in [0.4, 0.5) is 5.69 Å². The van der Waals surface area contributed by atoms with Crippen LogP contribution in [-0.4, -0.2) is 20.3 Å². The van der Waals surface area contributed by atoms with Crippen molar-refractivity contribution in [3.63, 3.8) is 0 Å². The highest BCUT2D eigenvalue weighted by atomic mass is 35.5. The Kier molecular flexibility index (Phi) is 4.55. The van der Waals surface area contributed by atoms with Crippen LogP contribution in [0.2, 0.25) is 5.02 Å². The molecule has 0 unspecified atom stereocenters. The average molecular weight is 423 g/mol. The van der Waals surface area contributed by atoms with E-state index in [9.17, 15) is 13.2 Å². The number of hydrogen-bond acceptors (Lipinski definition) is 5. The number of guanidine groups is 1. The number of benzene rings is 2. The molecule has 0 spiro atoms. The third-order valence-corrected chi connectivity index (χ3v) is 7.32. The highest BCUT2D eigenvalue weighted by Crippen LogP contribution is 2.51.